The molecule has 1 aliphatic heterocycles. The van der Waals surface area contributed by atoms with Gasteiger partial charge in [-0.15, -0.1) is 0 Å². The summed E-state index contributed by atoms with van der Waals surface area (Å²) in [6.45, 7) is 0. The molecule has 2 heterocycles. The summed E-state index contributed by atoms with van der Waals surface area (Å²) in [6.07, 6.45) is 0.788. The molecule has 0 aliphatic carbocycles. The number of aromatic nitrogens is 1. The van der Waals surface area contributed by atoms with Crippen molar-refractivity contribution in [2.24, 2.45) is 5.73 Å². The third-order valence-electron chi connectivity index (χ3n) is 4.86. The minimum Gasteiger partial charge on any atom is -0.366 e. The van der Waals surface area contributed by atoms with Crippen molar-refractivity contribution < 1.29 is 18.0 Å². The van der Waals surface area contributed by atoms with Crippen molar-refractivity contribution in [3.8, 4) is 0 Å². The quantitative estimate of drug-likeness (QED) is 0.682. The second-order valence-electron chi connectivity index (χ2n) is 6.58. The SMILES string of the molecule is NC(=O)c1cccc2c1C(F)(F)C(F)(Cc1ccccc1)N2c1ccccn1. The second-order valence-corrected chi connectivity index (χ2v) is 6.58. The predicted molar refractivity (Wildman–Crippen MR) is 99.2 cm³/mol. The van der Waals surface area contributed by atoms with Gasteiger partial charge in [-0.2, -0.15) is 8.78 Å². The molecule has 0 spiro atoms. The number of fused-ring (bicyclic) bond motifs is 1. The summed E-state index contributed by atoms with van der Waals surface area (Å²) >= 11 is 0. The number of hydrogen-bond acceptors (Lipinski definition) is 3. The van der Waals surface area contributed by atoms with Crippen LogP contribution in [0.25, 0.3) is 0 Å². The molecule has 0 saturated carbocycles. The van der Waals surface area contributed by atoms with E-state index in [1.807, 2.05) is 0 Å². The number of alkyl halides is 3. The summed E-state index contributed by atoms with van der Waals surface area (Å²) in [5.74, 6) is -8.19. The molecular weight excluding hydrogens is 367 g/mol. The van der Waals surface area contributed by atoms with Gasteiger partial charge in [-0.1, -0.05) is 42.5 Å². The normalized spacial score (nSPS) is 20.0. The third kappa shape index (κ3) is 2.54. The Morgan fingerprint density at radius 3 is 2.32 bits per heavy atom. The lowest BCUT2D eigenvalue weighted by atomic mass is 9.93. The molecule has 1 aliphatic rings. The molecule has 0 radical (unpaired) electrons. The Balaban J connectivity index is 1.98. The average Bonchev–Trinajstić information content (AvgIpc) is 2.86. The number of pyridine rings is 1. The number of rotatable bonds is 4. The van der Waals surface area contributed by atoms with Gasteiger partial charge in [-0.05, 0) is 29.8 Å². The van der Waals surface area contributed by atoms with Crippen LogP contribution in [0.2, 0.25) is 0 Å². The molecule has 4 nitrogen and oxygen atoms in total. The zero-order valence-corrected chi connectivity index (χ0v) is 14.6. The zero-order chi connectivity index (χ0) is 19.9. The van der Waals surface area contributed by atoms with Crippen LogP contribution in [0.1, 0.15) is 21.5 Å². The lowest BCUT2D eigenvalue weighted by molar-refractivity contribution is -0.130. The Labute approximate surface area is 159 Å². The van der Waals surface area contributed by atoms with Crippen molar-refractivity contribution in [3.63, 3.8) is 0 Å². The van der Waals surface area contributed by atoms with Crippen LogP contribution in [0.4, 0.5) is 24.7 Å². The van der Waals surface area contributed by atoms with Gasteiger partial charge in [0, 0.05) is 12.6 Å². The molecule has 0 bridgehead atoms. The molecule has 7 heteroatoms. The number of halogens is 3. The summed E-state index contributed by atoms with van der Waals surface area (Å²) in [5, 5.41) is 0. The van der Waals surface area contributed by atoms with Crippen molar-refractivity contribution in [1.29, 1.82) is 0 Å². The minimum absolute atomic E-state index is 0.0148. The summed E-state index contributed by atoms with van der Waals surface area (Å²) < 4.78 is 47.5. The smallest absolute Gasteiger partial charge is 0.328 e. The molecule has 4 rings (SSSR count). The summed E-state index contributed by atoms with van der Waals surface area (Å²) in [5.41, 5.74) is 4.44. The van der Waals surface area contributed by atoms with Gasteiger partial charge < -0.3 is 5.73 Å². The van der Waals surface area contributed by atoms with Gasteiger partial charge in [0.25, 0.3) is 5.79 Å². The fraction of sp³-hybridized carbons (Fsp3) is 0.143. The average molecular weight is 383 g/mol. The largest absolute Gasteiger partial charge is 0.366 e. The predicted octanol–water partition coefficient (Wildman–Crippen LogP) is 4.33. The summed E-state index contributed by atoms with van der Waals surface area (Å²) in [4.78, 5) is 16.7. The number of nitrogens with two attached hydrogens (primary N) is 1. The van der Waals surface area contributed by atoms with Gasteiger partial charge >= 0.3 is 5.92 Å². The maximum atomic E-state index is 16.3. The molecule has 1 aromatic heterocycles. The van der Waals surface area contributed by atoms with Gasteiger partial charge in [0.05, 0.1) is 16.8 Å². The molecule has 1 unspecified atom stereocenters. The van der Waals surface area contributed by atoms with Crippen LogP contribution in [-0.4, -0.2) is 16.7 Å². The Morgan fingerprint density at radius 1 is 0.964 bits per heavy atom. The van der Waals surface area contributed by atoms with Crippen LogP contribution in [0.3, 0.4) is 0 Å². The first-order valence-corrected chi connectivity index (χ1v) is 8.61. The molecule has 3 aromatic rings. The van der Waals surface area contributed by atoms with Crippen molar-refractivity contribution in [2.75, 3.05) is 4.90 Å². The van der Waals surface area contributed by atoms with Crippen molar-refractivity contribution in [2.45, 2.75) is 18.1 Å². The Bertz CT molecular complexity index is 1030. The maximum absolute atomic E-state index is 16.3. The maximum Gasteiger partial charge on any atom is 0.328 e. The highest BCUT2D eigenvalue weighted by Gasteiger charge is 2.67. The number of carbonyl (C=O) groups excluding carboxylic acids is 1. The first kappa shape index (κ1) is 18.0. The fourth-order valence-corrected chi connectivity index (χ4v) is 3.63. The third-order valence-corrected chi connectivity index (χ3v) is 4.86. The van der Waals surface area contributed by atoms with E-state index in [0.29, 0.717) is 5.56 Å². The molecule has 0 fully saturated rings. The number of anilines is 2. The number of amides is 1. The van der Waals surface area contributed by atoms with E-state index in [0.717, 1.165) is 4.90 Å². The van der Waals surface area contributed by atoms with E-state index in [1.54, 1.807) is 42.5 Å². The topological polar surface area (TPSA) is 59.2 Å². The van der Waals surface area contributed by atoms with E-state index >= 15 is 13.2 Å². The highest BCUT2D eigenvalue weighted by Crippen LogP contribution is 2.59. The molecule has 1 atom stereocenters. The lowest BCUT2D eigenvalue weighted by Crippen LogP contribution is -2.51. The van der Waals surface area contributed by atoms with Gasteiger partial charge in [0.2, 0.25) is 5.91 Å². The molecule has 1 amide bonds. The van der Waals surface area contributed by atoms with Gasteiger partial charge in [-0.3, -0.25) is 9.69 Å². The molecule has 0 saturated heterocycles. The van der Waals surface area contributed by atoms with Crippen molar-refractivity contribution in [3.05, 3.63) is 89.6 Å². The van der Waals surface area contributed by atoms with Crippen LogP contribution in [0, 0.1) is 0 Å². The summed E-state index contributed by atoms with van der Waals surface area (Å²) in [7, 11) is 0. The van der Waals surface area contributed by atoms with E-state index in [2.05, 4.69) is 4.98 Å². The minimum atomic E-state index is -4.00. The molecule has 28 heavy (non-hydrogen) atoms. The number of primary amides is 1. The van der Waals surface area contributed by atoms with Crippen LogP contribution < -0.4 is 10.6 Å². The summed E-state index contributed by atoms with van der Waals surface area (Å²) in [6, 6.07) is 16.7. The van der Waals surface area contributed by atoms with E-state index in [1.165, 1.54) is 30.5 Å². The van der Waals surface area contributed by atoms with Gasteiger partial charge in [-0.25, -0.2) is 9.37 Å². The first-order valence-electron chi connectivity index (χ1n) is 8.61. The van der Waals surface area contributed by atoms with E-state index in [-0.39, 0.29) is 11.5 Å². The Hall–Kier alpha value is -3.35. The van der Waals surface area contributed by atoms with Crippen LogP contribution in [0.5, 0.6) is 0 Å². The lowest BCUT2D eigenvalue weighted by Gasteiger charge is -2.35. The Kier molecular flexibility index (Phi) is 4.10. The highest BCUT2D eigenvalue weighted by atomic mass is 19.3. The van der Waals surface area contributed by atoms with E-state index in [9.17, 15) is 4.79 Å². The fourth-order valence-electron chi connectivity index (χ4n) is 3.63. The molecular formula is C21H16F3N3O. The number of nitrogens with zero attached hydrogens (tertiary/aromatic N) is 2. The van der Waals surface area contributed by atoms with Crippen molar-refractivity contribution >= 4 is 17.4 Å². The molecule has 2 N–H and O–H groups in total. The monoisotopic (exact) mass is 383 g/mol. The standard InChI is InChI=1S/C21H16F3N3O/c22-20(13-14-7-2-1-3-8-14)21(23,24)18-15(19(25)28)9-6-10-16(18)27(20)17-11-4-5-12-26-17/h1-12H,13H2,(H2,25,28). The first-order chi connectivity index (χ1) is 13.4. The number of hydrogen-bond donors (Lipinski definition) is 1. The van der Waals surface area contributed by atoms with Crippen molar-refractivity contribution in [1.82, 2.24) is 4.98 Å². The van der Waals surface area contributed by atoms with Gasteiger partial charge in [0.1, 0.15) is 5.82 Å². The van der Waals surface area contributed by atoms with E-state index < -0.39 is 35.2 Å². The van der Waals surface area contributed by atoms with Crippen LogP contribution in [0.15, 0.2) is 72.9 Å². The van der Waals surface area contributed by atoms with Crippen LogP contribution in [-0.2, 0) is 12.3 Å². The molecule has 142 valence electrons. The van der Waals surface area contributed by atoms with Crippen LogP contribution >= 0.6 is 0 Å². The number of carbonyl (C=O) groups is 1. The molecule has 2 aromatic carbocycles. The Morgan fingerprint density at radius 2 is 1.68 bits per heavy atom. The zero-order valence-electron chi connectivity index (χ0n) is 14.6. The van der Waals surface area contributed by atoms with Gasteiger partial charge in [0.15, 0.2) is 0 Å². The number of benzene rings is 2. The second kappa shape index (κ2) is 6.37. The highest BCUT2D eigenvalue weighted by molar-refractivity contribution is 5.97. The van der Waals surface area contributed by atoms with E-state index in [4.69, 9.17) is 5.73 Å².